The number of morpholine rings is 1. The summed E-state index contributed by atoms with van der Waals surface area (Å²) in [6.45, 7) is 4.91. The average molecular weight is 401 g/mol. The number of H-pyrrole nitrogens is 1. The summed E-state index contributed by atoms with van der Waals surface area (Å²) in [5.41, 5.74) is 3.95. The molecule has 1 saturated heterocycles. The van der Waals surface area contributed by atoms with Crippen LogP contribution in [0, 0.1) is 5.92 Å². The lowest BCUT2D eigenvalue weighted by atomic mass is 10.1. The van der Waals surface area contributed by atoms with E-state index in [-0.39, 0.29) is 0 Å². The van der Waals surface area contributed by atoms with Gasteiger partial charge in [0.2, 0.25) is 0 Å². The minimum Gasteiger partial charge on any atom is -0.481 e. The highest BCUT2D eigenvalue weighted by Gasteiger charge is 2.17. The third kappa shape index (κ3) is 3.81. The maximum atomic E-state index is 11.1. The fraction of sp³-hybridized carbons (Fsp3) is 0.350. The van der Waals surface area contributed by atoms with Crippen LogP contribution in [0.3, 0.4) is 0 Å². The van der Waals surface area contributed by atoms with E-state index in [2.05, 4.69) is 32.0 Å². The summed E-state index contributed by atoms with van der Waals surface area (Å²) in [4.78, 5) is 25.5. The van der Waals surface area contributed by atoms with Crippen molar-refractivity contribution in [1.29, 1.82) is 0 Å². The largest absolute Gasteiger partial charge is 0.481 e. The number of carboxylic acid groups (broad SMARTS) is 1. The quantitative estimate of drug-likeness (QED) is 0.682. The lowest BCUT2D eigenvalue weighted by Crippen LogP contribution is -2.36. The van der Waals surface area contributed by atoms with Gasteiger partial charge in [0.1, 0.15) is 5.82 Å². The molecule has 1 aliphatic heterocycles. The number of benzene rings is 1. The minimum absolute atomic E-state index is 0.312. The number of carbonyl (C=O) groups is 1. The second kappa shape index (κ2) is 7.77. The Balaban J connectivity index is 1.61. The third-order valence-electron chi connectivity index (χ3n) is 4.91. The molecule has 146 valence electrons. The molecule has 1 aliphatic rings. The summed E-state index contributed by atoms with van der Waals surface area (Å²) < 4.78 is 5.40. The Labute approximate surface area is 167 Å². The second-order valence-electron chi connectivity index (χ2n) is 6.96. The predicted octanol–water partition coefficient (Wildman–Crippen LogP) is 3.38. The van der Waals surface area contributed by atoms with Gasteiger partial charge in [-0.25, -0.2) is 9.97 Å². The van der Waals surface area contributed by atoms with Gasteiger partial charge in [-0.3, -0.25) is 4.79 Å². The molecule has 4 rings (SSSR count). The van der Waals surface area contributed by atoms with Crippen LogP contribution in [0.1, 0.15) is 12.7 Å². The molecule has 1 atom stereocenters. The van der Waals surface area contributed by atoms with Gasteiger partial charge in [0.15, 0.2) is 5.65 Å². The molecule has 1 unspecified atom stereocenters. The molecule has 0 bridgehead atoms. The number of hydrogen-bond acceptors (Lipinski definition) is 5. The summed E-state index contributed by atoms with van der Waals surface area (Å²) in [5, 5.41) is 9.60. The topological polar surface area (TPSA) is 91.3 Å². The maximum Gasteiger partial charge on any atom is 0.306 e. The van der Waals surface area contributed by atoms with E-state index in [1.54, 1.807) is 13.0 Å². The average Bonchev–Trinajstić information content (AvgIpc) is 3.09. The number of aromatic amines is 1. The fourth-order valence-electron chi connectivity index (χ4n) is 3.30. The molecule has 1 fully saturated rings. The number of rotatable bonds is 5. The number of imidazole rings is 1. The number of nitrogens with one attached hydrogen (secondary N) is 1. The van der Waals surface area contributed by atoms with E-state index in [1.165, 1.54) is 0 Å². The number of pyridine rings is 1. The molecule has 7 nitrogen and oxygen atoms in total. The summed E-state index contributed by atoms with van der Waals surface area (Å²) in [5.74, 6) is -0.788. The fourth-order valence-corrected chi connectivity index (χ4v) is 3.56. The van der Waals surface area contributed by atoms with Crippen molar-refractivity contribution in [3.63, 3.8) is 0 Å². The summed E-state index contributed by atoms with van der Waals surface area (Å²) in [7, 11) is 0. The van der Waals surface area contributed by atoms with Crippen molar-refractivity contribution in [3.05, 3.63) is 41.2 Å². The second-order valence-corrected chi connectivity index (χ2v) is 7.37. The maximum absolute atomic E-state index is 11.1. The Morgan fingerprint density at radius 3 is 2.68 bits per heavy atom. The highest BCUT2D eigenvalue weighted by molar-refractivity contribution is 6.33. The molecule has 1 aromatic carbocycles. The Morgan fingerprint density at radius 2 is 2.00 bits per heavy atom. The third-order valence-corrected chi connectivity index (χ3v) is 5.20. The molecule has 28 heavy (non-hydrogen) atoms. The van der Waals surface area contributed by atoms with Crippen molar-refractivity contribution in [2.24, 2.45) is 5.92 Å². The van der Waals surface area contributed by atoms with Crippen molar-refractivity contribution < 1.29 is 14.6 Å². The number of aromatic nitrogens is 3. The van der Waals surface area contributed by atoms with Crippen LogP contribution in [0.2, 0.25) is 5.02 Å². The Kier molecular flexibility index (Phi) is 5.19. The van der Waals surface area contributed by atoms with E-state index < -0.39 is 11.9 Å². The van der Waals surface area contributed by atoms with Gasteiger partial charge in [-0.05, 0) is 18.2 Å². The normalized spacial score (nSPS) is 15.7. The highest BCUT2D eigenvalue weighted by atomic mass is 35.5. The van der Waals surface area contributed by atoms with Crippen molar-refractivity contribution in [2.45, 2.75) is 13.3 Å². The zero-order valence-corrected chi connectivity index (χ0v) is 16.2. The van der Waals surface area contributed by atoms with Gasteiger partial charge in [-0.15, -0.1) is 0 Å². The van der Waals surface area contributed by atoms with Gasteiger partial charge in [-0.2, -0.15) is 0 Å². The van der Waals surface area contributed by atoms with Gasteiger partial charge in [0, 0.05) is 30.8 Å². The first kappa shape index (κ1) is 18.7. The Bertz CT molecular complexity index is 997. The summed E-state index contributed by atoms with van der Waals surface area (Å²) >= 11 is 6.46. The zero-order chi connectivity index (χ0) is 19.7. The van der Waals surface area contributed by atoms with Crippen LogP contribution in [0.25, 0.3) is 22.4 Å². The zero-order valence-electron chi connectivity index (χ0n) is 15.5. The van der Waals surface area contributed by atoms with Crippen molar-refractivity contribution in [2.75, 3.05) is 31.2 Å². The van der Waals surface area contributed by atoms with Crippen LogP contribution in [0.4, 0.5) is 5.69 Å². The van der Waals surface area contributed by atoms with Gasteiger partial charge in [0.05, 0.1) is 35.4 Å². The van der Waals surface area contributed by atoms with Crippen molar-refractivity contribution >= 4 is 34.4 Å². The van der Waals surface area contributed by atoms with E-state index in [4.69, 9.17) is 21.4 Å². The highest BCUT2D eigenvalue weighted by Crippen LogP contribution is 2.30. The molecular weight excluding hydrogens is 380 g/mol. The van der Waals surface area contributed by atoms with E-state index in [0.717, 1.165) is 37.6 Å². The standard InChI is InChI=1S/C20H21ClN4O3/c1-12(20(26)27)10-17-22-16-11-15(21)18(24-19(16)23-17)13-2-4-14(5-3-13)25-6-8-28-9-7-25/h2-5,11-12H,6-10H2,1H3,(H,26,27)(H,22,23,24). The number of fused-ring (bicyclic) bond motifs is 1. The van der Waals surface area contributed by atoms with E-state index in [1.807, 2.05) is 12.1 Å². The monoisotopic (exact) mass is 400 g/mol. The van der Waals surface area contributed by atoms with Gasteiger partial charge in [-0.1, -0.05) is 30.7 Å². The molecule has 3 aromatic rings. The molecule has 0 spiro atoms. The van der Waals surface area contributed by atoms with Crippen LogP contribution in [-0.4, -0.2) is 52.3 Å². The number of hydrogen-bond donors (Lipinski definition) is 2. The summed E-state index contributed by atoms with van der Waals surface area (Å²) in [6.07, 6.45) is 0.312. The molecule has 0 radical (unpaired) electrons. The molecule has 0 aliphatic carbocycles. The van der Waals surface area contributed by atoms with Crippen LogP contribution < -0.4 is 4.90 Å². The number of carboxylic acids is 1. The van der Waals surface area contributed by atoms with Gasteiger partial charge >= 0.3 is 5.97 Å². The predicted molar refractivity (Wildman–Crippen MR) is 108 cm³/mol. The molecule has 2 aromatic heterocycles. The minimum atomic E-state index is -0.854. The summed E-state index contributed by atoms with van der Waals surface area (Å²) in [6, 6.07) is 9.92. The van der Waals surface area contributed by atoms with Crippen molar-refractivity contribution in [1.82, 2.24) is 15.0 Å². The van der Waals surface area contributed by atoms with Crippen LogP contribution in [0.15, 0.2) is 30.3 Å². The van der Waals surface area contributed by atoms with E-state index in [0.29, 0.717) is 34.1 Å². The molecule has 0 amide bonds. The van der Waals surface area contributed by atoms with Crippen LogP contribution in [-0.2, 0) is 16.0 Å². The molecule has 0 saturated carbocycles. The van der Waals surface area contributed by atoms with Crippen molar-refractivity contribution in [3.8, 4) is 11.3 Å². The molecule has 2 N–H and O–H groups in total. The number of aliphatic carboxylic acids is 1. The Morgan fingerprint density at radius 1 is 1.29 bits per heavy atom. The SMILES string of the molecule is CC(Cc1nc2nc(-c3ccc(N4CCOCC4)cc3)c(Cl)cc2[nH]1)C(=O)O. The lowest BCUT2D eigenvalue weighted by molar-refractivity contribution is -0.141. The van der Waals surface area contributed by atoms with Crippen LogP contribution >= 0.6 is 11.6 Å². The van der Waals surface area contributed by atoms with Gasteiger partial charge < -0.3 is 19.7 Å². The lowest BCUT2D eigenvalue weighted by Gasteiger charge is -2.28. The van der Waals surface area contributed by atoms with E-state index >= 15 is 0 Å². The van der Waals surface area contributed by atoms with Gasteiger partial charge in [0.25, 0.3) is 0 Å². The van der Waals surface area contributed by atoms with E-state index in [9.17, 15) is 4.79 Å². The first-order valence-corrected chi connectivity index (χ1v) is 9.60. The number of halogens is 1. The Hall–Kier alpha value is -2.64. The number of anilines is 1. The molecular formula is C20H21ClN4O3. The first-order valence-electron chi connectivity index (χ1n) is 9.22. The number of ether oxygens (including phenoxy) is 1. The van der Waals surface area contributed by atoms with Crippen LogP contribution in [0.5, 0.6) is 0 Å². The number of nitrogens with zero attached hydrogens (tertiary/aromatic N) is 3. The molecule has 3 heterocycles. The first-order chi connectivity index (χ1) is 13.5. The molecule has 8 heteroatoms. The smallest absolute Gasteiger partial charge is 0.306 e.